The predicted molar refractivity (Wildman–Crippen MR) is 84.7 cm³/mol. The Morgan fingerprint density at radius 1 is 1.30 bits per heavy atom. The molecule has 0 saturated heterocycles. The van der Waals surface area contributed by atoms with E-state index in [1.807, 2.05) is 41.0 Å². The number of methoxy groups -OCH3 is 1. The van der Waals surface area contributed by atoms with E-state index in [0.717, 1.165) is 26.9 Å². The van der Waals surface area contributed by atoms with Crippen LogP contribution in [-0.4, -0.2) is 16.7 Å². The van der Waals surface area contributed by atoms with Crippen molar-refractivity contribution in [3.8, 4) is 11.4 Å². The highest BCUT2D eigenvalue weighted by Gasteiger charge is 2.14. The Bertz CT molecular complexity index is 800. The zero-order chi connectivity index (χ0) is 14.3. The van der Waals surface area contributed by atoms with Gasteiger partial charge in [-0.15, -0.1) is 0 Å². The van der Waals surface area contributed by atoms with Crippen molar-refractivity contribution in [2.75, 3.05) is 12.8 Å². The largest absolute Gasteiger partial charge is 0.497 e. The van der Waals surface area contributed by atoms with Crippen molar-refractivity contribution in [1.82, 2.24) is 9.55 Å². The van der Waals surface area contributed by atoms with E-state index in [-0.39, 0.29) is 0 Å². The summed E-state index contributed by atoms with van der Waals surface area (Å²) in [5.74, 6) is 1.14. The highest BCUT2D eigenvalue weighted by Crippen LogP contribution is 2.33. The first kappa shape index (κ1) is 13.3. The molecular formula is C14H11BrClN3O. The molecule has 102 valence electrons. The Morgan fingerprint density at radius 2 is 2.10 bits per heavy atom. The summed E-state index contributed by atoms with van der Waals surface area (Å²) < 4.78 is 7.83. The minimum atomic E-state index is 0.399. The molecule has 0 spiro atoms. The van der Waals surface area contributed by atoms with Gasteiger partial charge in [0.15, 0.2) is 0 Å². The summed E-state index contributed by atoms with van der Waals surface area (Å²) in [5, 5.41) is 0.622. The van der Waals surface area contributed by atoms with Crippen LogP contribution in [0, 0.1) is 0 Å². The van der Waals surface area contributed by atoms with Crippen LogP contribution < -0.4 is 10.5 Å². The van der Waals surface area contributed by atoms with Gasteiger partial charge in [0.05, 0.1) is 33.3 Å². The maximum Gasteiger partial charge on any atom is 0.205 e. The van der Waals surface area contributed by atoms with Gasteiger partial charge in [-0.2, -0.15) is 0 Å². The van der Waals surface area contributed by atoms with Crippen LogP contribution in [0.5, 0.6) is 5.75 Å². The quantitative estimate of drug-likeness (QED) is 0.757. The third-order valence-corrected chi connectivity index (χ3v) is 4.44. The lowest BCUT2D eigenvalue weighted by Gasteiger charge is -2.10. The van der Waals surface area contributed by atoms with Crippen molar-refractivity contribution in [2.45, 2.75) is 0 Å². The number of hydrogen-bond donors (Lipinski definition) is 1. The number of rotatable bonds is 2. The fourth-order valence-corrected chi connectivity index (χ4v) is 2.74. The van der Waals surface area contributed by atoms with E-state index < -0.39 is 0 Å². The number of halogens is 2. The Kier molecular flexibility index (Phi) is 3.31. The molecule has 20 heavy (non-hydrogen) atoms. The number of nitrogens with two attached hydrogens (primary N) is 1. The number of nitrogen functional groups attached to an aromatic ring is 1. The molecule has 0 fully saturated rings. The Labute approximate surface area is 129 Å². The van der Waals surface area contributed by atoms with Gasteiger partial charge in [-0.05, 0) is 40.2 Å². The second-order valence-electron chi connectivity index (χ2n) is 4.23. The van der Waals surface area contributed by atoms with Gasteiger partial charge < -0.3 is 10.5 Å². The average molecular weight is 353 g/mol. The molecule has 0 bridgehead atoms. The second-order valence-corrected chi connectivity index (χ2v) is 5.43. The summed E-state index contributed by atoms with van der Waals surface area (Å²) in [6.07, 6.45) is 0. The number of fused-ring (bicyclic) bond motifs is 1. The fourth-order valence-electron chi connectivity index (χ4n) is 2.12. The maximum atomic E-state index is 6.14. The van der Waals surface area contributed by atoms with E-state index in [4.69, 9.17) is 22.1 Å². The molecule has 0 atom stereocenters. The normalized spacial score (nSPS) is 10.9. The summed E-state index contributed by atoms with van der Waals surface area (Å²) in [6, 6.07) is 11.3. The summed E-state index contributed by atoms with van der Waals surface area (Å²) in [4.78, 5) is 4.37. The van der Waals surface area contributed by atoms with Gasteiger partial charge in [-0.3, -0.25) is 4.57 Å². The van der Waals surface area contributed by atoms with Gasteiger partial charge in [-0.1, -0.05) is 17.7 Å². The predicted octanol–water partition coefficient (Wildman–Crippen LogP) is 4.03. The maximum absolute atomic E-state index is 6.14. The molecule has 4 nitrogen and oxygen atoms in total. The van der Waals surface area contributed by atoms with Gasteiger partial charge in [0.25, 0.3) is 0 Å². The summed E-state index contributed by atoms with van der Waals surface area (Å²) in [6.45, 7) is 0. The number of aromatic nitrogens is 2. The van der Waals surface area contributed by atoms with Crippen LogP contribution in [0.15, 0.2) is 40.9 Å². The lowest BCUT2D eigenvalue weighted by Crippen LogP contribution is -2.01. The van der Waals surface area contributed by atoms with E-state index in [1.54, 1.807) is 7.11 Å². The molecule has 0 saturated carbocycles. The molecule has 0 unspecified atom stereocenters. The average Bonchev–Trinajstić information content (AvgIpc) is 2.77. The molecule has 0 amide bonds. The first-order valence-electron chi connectivity index (χ1n) is 5.88. The Balaban J connectivity index is 2.31. The van der Waals surface area contributed by atoms with E-state index in [9.17, 15) is 0 Å². The summed E-state index contributed by atoms with van der Waals surface area (Å²) in [7, 11) is 1.62. The number of anilines is 1. The lowest BCUT2D eigenvalue weighted by molar-refractivity contribution is 0.415. The molecule has 0 aliphatic rings. The van der Waals surface area contributed by atoms with Crippen LogP contribution in [0.4, 0.5) is 5.95 Å². The molecule has 0 aliphatic heterocycles. The fraction of sp³-hybridized carbons (Fsp3) is 0.0714. The number of nitrogens with zero attached hydrogens (tertiary/aromatic N) is 2. The van der Waals surface area contributed by atoms with Gasteiger partial charge in [0.2, 0.25) is 5.95 Å². The minimum Gasteiger partial charge on any atom is -0.497 e. The molecule has 6 heteroatoms. The van der Waals surface area contributed by atoms with Crippen LogP contribution >= 0.6 is 27.5 Å². The highest BCUT2D eigenvalue weighted by molar-refractivity contribution is 9.10. The number of benzene rings is 2. The second kappa shape index (κ2) is 5.00. The molecule has 1 aromatic heterocycles. The van der Waals surface area contributed by atoms with E-state index in [1.165, 1.54) is 0 Å². The van der Waals surface area contributed by atoms with Crippen molar-refractivity contribution >= 4 is 44.5 Å². The molecule has 0 radical (unpaired) electrons. The smallest absolute Gasteiger partial charge is 0.205 e. The monoisotopic (exact) mass is 351 g/mol. The van der Waals surface area contributed by atoms with Crippen molar-refractivity contribution < 1.29 is 4.74 Å². The summed E-state index contributed by atoms with van der Waals surface area (Å²) >= 11 is 9.63. The van der Waals surface area contributed by atoms with Crippen molar-refractivity contribution in [3.05, 3.63) is 45.9 Å². The van der Waals surface area contributed by atoms with Crippen molar-refractivity contribution in [3.63, 3.8) is 0 Å². The van der Waals surface area contributed by atoms with Gasteiger partial charge in [-0.25, -0.2) is 4.98 Å². The third-order valence-electron chi connectivity index (χ3n) is 3.06. The highest BCUT2D eigenvalue weighted by atomic mass is 79.9. The van der Waals surface area contributed by atoms with Crippen LogP contribution in [0.3, 0.4) is 0 Å². The van der Waals surface area contributed by atoms with Crippen LogP contribution in [0.2, 0.25) is 5.02 Å². The van der Waals surface area contributed by atoms with Gasteiger partial charge in [0, 0.05) is 6.07 Å². The molecule has 2 aromatic carbocycles. The van der Waals surface area contributed by atoms with Crippen LogP contribution in [0.25, 0.3) is 16.7 Å². The standard InChI is InChI=1S/C14H11BrClN3O/c1-20-8-5-6-11-10(7-8)18-14(17)19(11)12-4-2-3-9(16)13(12)15/h2-7H,1H3,(H2,17,18). The first-order chi connectivity index (χ1) is 9.61. The SMILES string of the molecule is COc1ccc2c(c1)nc(N)n2-c1cccc(Cl)c1Br. The van der Waals surface area contributed by atoms with Crippen molar-refractivity contribution in [2.24, 2.45) is 0 Å². The Hall–Kier alpha value is -1.72. The molecule has 0 aliphatic carbocycles. The topological polar surface area (TPSA) is 53.1 Å². The Morgan fingerprint density at radius 3 is 2.85 bits per heavy atom. The summed E-state index contributed by atoms with van der Waals surface area (Å²) in [5.41, 5.74) is 8.56. The molecule has 3 aromatic rings. The lowest BCUT2D eigenvalue weighted by atomic mass is 10.2. The minimum absolute atomic E-state index is 0.399. The third kappa shape index (κ3) is 2.03. The van der Waals surface area contributed by atoms with Crippen LogP contribution in [-0.2, 0) is 0 Å². The molecule has 1 heterocycles. The van der Waals surface area contributed by atoms with Gasteiger partial charge in [0.1, 0.15) is 5.75 Å². The number of imidazole rings is 1. The first-order valence-corrected chi connectivity index (χ1v) is 7.05. The van der Waals surface area contributed by atoms with E-state index in [2.05, 4.69) is 20.9 Å². The molecule has 2 N–H and O–H groups in total. The van der Waals surface area contributed by atoms with Gasteiger partial charge >= 0.3 is 0 Å². The zero-order valence-corrected chi connectivity index (χ0v) is 12.9. The zero-order valence-electron chi connectivity index (χ0n) is 10.6. The van der Waals surface area contributed by atoms with Crippen LogP contribution in [0.1, 0.15) is 0 Å². The molecular weight excluding hydrogens is 342 g/mol. The molecule has 3 rings (SSSR count). The number of hydrogen-bond acceptors (Lipinski definition) is 3. The van der Waals surface area contributed by atoms with E-state index >= 15 is 0 Å². The van der Waals surface area contributed by atoms with Crippen molar-refractivity contribution in [1.29, 1.82) is 0 Å². The van der Waals surface area contributed by atoms with E-state index in [0.29, 0.717) is 11.0 Å². The number of ether oxygens (including phenoxy) is 1.